The van der Waals surface area contributed by atoms with E-state index in [0.717, 1.165) is 59.7 Å². The van der Waals surface area contributed by atoms with Gasteiger partial charge in [-0.25, -0.2) is 4.98 Å². The Hall–Kier alpha value is -2.82. The second kappa shape index (κ2) is 8.71. The summed E-state index contributed by atoms with van der Waals surface area (Å²) in [6.07, 6.45) is 2.46. The zero-order valence-corrected chi connectivity index (χ0v) is 16.4. The summed E-state index contributed by atoms with van der Waals surface area (Å²) in [6, 6.07) is 14.2. The smallest absolute Gasteiger partial charge is 0.224 e. The Labute approximate surface area is 160 Å². The minimum Gasteiger partial charge on any atom is -0.370 e. The van der Waals surface area contributed by atoms with Gasteiger partial charge in [-0.3, -0.25) is 4.79 Å². The summed E-state index contributed by atoms with van der Waals surface area (Å²) in [6.45, 7) is 8.08. The number of imidazole rings is 1. The maximum Gasteiger partial charge on any atom is 0.224 e. The van der Waals surface area contributed by atoms with E-state index in [2.05, 4.69) is 42.0 Å². The third-order valence-corrected chi connectivity index (χ3v) is 4.78. The Morgan fingerprint density at radius 1 is 1.11 bits per heavy atom. The third-order valence-electron chi connectivity index (χ3n) is 4.78. The van der Waals surface area contributed by atoms with Crippen molar-refractivity contribution in [1.29, 1.82) is 0 Å². The number of unbranched alkanes of at least 4 members (excludes halogenated alkanes) is 1. The van der Waals surface area contributed by atoms with Crippen molar-refractivity contribution in [3.8, 4) is 11.4 Å². The van der Waals surface area contributed by atoms with Crippen LogP contribution in [0.25, 0.3) is 22.4 Å². The molecule has 1 heterocycles. The maximum absolute atomic E-state index is 12.3. The van der Waals surface area contributed by atoms with Crippen molar-refractivity contribution in [2.24, 2.45) is 0 Å². The number of H-pyrrole nitrogens is 1. The van der Waals surface area contributed by atoms with Gasteiger partial charge in [0, 0.05) is 25.1 Å². The molecule has 0 aliphatic rings. The number of aromatic amines is 1. The summed E-state index contributed by atoms with van der Waals surface area (Å²) in [5.74, 6) is 0.901. The van der Waals surface area contributed by atoms with Gasteiger partial charge in [-0.05, 0) is 32.4 Å². The van der Waals surface area contributed by atoms with Gasteiger partial charge in [0.25, 0.3) is 0 Å². The van der Waals surface area contributed by atoms with E-state index < -0.39 is 0 Å². The molecule has 0 aliphatic carbocycles. The zero-order chi connectivity index (χ0) is 19.2. The zero-order valence-electron chi connectivity index (χ0n) is 16.4. The molecule has 3 aromatic rings. The van der Waals surface area contributed by atoms with Crippen LogP contribution in [-0.2, 0) is 4.79 Å². The molecule has 0 saturated heterocycles. The molecule has 2 aromatic carbocycles. The van der Waals surface area contributed by atoms with Crippen LogP contribution in [0.5, 0.6) is 0 Å². The Balaban J connectivity index is 2.02. The van der Waals surface area contributed by atoms with Gasteiger partial charge >= 0.3 is 0 Å². The van der Waals surface area contributed by atoms with Crippen LogP contribution in [0.3, 0.4) is 0 Å². The largest absolute Gasteiger partial charge is 0.370 e. The minimum atomic E-state index is 0.0624. The summed E-state index contributed by atoms with van der Waals surface area (Å²) in [5, 5.41) is 3.11. The van der Waals surface area contributed by atoms with Crippen LogP contribution < -0.4 is 10.2 Å². The molecule has 27 heavy (non-hydrogen) atoms. The second-order valence-electron chi connectivity index (χ2n) is 6.66. The Morgan fingerprint density at radius 2 is 1.85 bits per heavy atom. The number of carbonyl (C=O) groups is 1. The van der Waals surface area contributed by atoms with Crippen LogP contribution in [0, 0.1) is 0 Å². The van der Waals surface area contributed by atoms with Gasteiger partial charge in [0.1, 0.15) is 5.82 Å². The number of benzene rings is 2. The van der Waals surface area contributed by atoms with Gasteiger partial charge in [0.05, 0.1) is 22.4 Å². The first-order valence-electron chi connectivity index (χ1n) is 9.80. The van der Waals surface area contributed by atoms with Gasteiger partial charge in [-0.15, -0.1) is 0 Å². The number of rotatable bonds is 8. The van der Waals surface area contributed by atoms with E-state index in [9.17, 15) is 4.79 Å². The Morgan fingerprint density at radius 3 is 2.52 bits per heavy atom. The van der Waals surface area contributed by atoms with Crippen molar-refractivity contribution in [2.75, 3.05) is 23.3 Å². The van der Waals surface area contributed by atoms with E-state index in [4.69, 9.17) is 4.98 Å². The van der Waals surface area contributed by atoms with E-state index >= 15 is 0 Å². The molecule has 0 spiro atoms. The fraction of sp³-hybridized carbons (Fsp3) is 0.364. The predicted molar refractivity (Wildman–Crippen MR) is 113 cm³/mol. The van der Waals surface area contributed by atoms with Crippen molar-refractivity contribution in [3.63, 3.8) is 0 Å². The Bertz CT molecular complexity index is 897. The van der Waals surface area contributed by atoms with Gasteiger partial charge in [0.15, 0.2) is 0 Å². The number of aromatic nitrogens is 2. The highest BCUT2D eigenvalue weighted by Crippen LogP contribution is 2.32. The maximum atomic E-state index is 12.3. The number of carbonyl (C=O) groups excluding carboxylic acids is 1. The number of anilines is 2. The van der Waals surface area contributed by atoms with Crippen LogP contribution in [0.2, 0.25) is 0 Å². The number of fused-ring (bicyclic) bond motifs is 1. The molecule has 142 valence electrons. The average molecular weight is 364 g/mol. The molecule has 5 nitrogen and oxygen atoms in total. The number of hydrogen-bond acceptors (Lipinski definition) is 3. The van der Waals surface area contributed by atoms with Crippen molar-refractivity contribution in [2.45, 2.75) is 40.0 Å². The van der Waals surface area contributed by atoms with Gasteiger partial charge in [-0.2, -0.15) is 0 Å². The normalized spacial score (nSPS) is 10.9. The standard InChI is InChI=1S/C22H28N4O/c1-4-7-13-21(27)23-19-14-17-18(15-20(19)26(5-2)6-3)25-22(24-17)16-11-9-8-10-12-16/h8-12,14-15H,4-7,13H2,1-3H3,(H,23,27)(H,24,25). The van der Waals surface area contributed by atoms with E-state index in [1.54, 1.807) is 0 Å². The number of amides is 1. The Kier molecular flexibility index (Phi) is 6.12. The van der Waals surface area contributed by atoms with Crippen LogP contribution in [0.1, 0.15) is 40.0 Å². The quantitative estimate of drug-likeness (QED) is 0.577. The highest BCUT2D eigenvalue weighted by atomic mass is 16.1. The number of hydrogen-bond donors (Lipinski definition) is 2. The monoisotopic (exact) mass is 364 g/mol. The molecular formula is C22H28N4O. The van der Waals surface area contributed by atoms with Gasteiger partial charge < -0.3 is 15.2 Å². The number of nitrogens with one attached hydrogen (secondary N) is 2. The average Bonchev–Trinajstić information content (AvgIpc) is 3.11. The summed E-state index contributed by atoms with van der Waals surface area (Å²) in [4.78, 5) is 22.7. The third kappa shape index (κ3) is 4.30. The molecule has 1 aromatic heterocycles. The molecule has 2 N–H and O–H groups in total. The molecule has 1 amide bonds. The van der Waals surface area contributed by atoms with E-state index in [-0.39, 0.29) is 5.91 Å². The summed E-state index contributed by atoms with van der Waals surface area (Å²) in [7, 11) is 0. The lowest BCUT2D eigenvalue weighted by Crippen LogP contribution is -2.24. The molecule has 0 bridgehead atoms. The molecule has 0 radical (unpaired) electrons. The molecule has 0 atom stereocenters. The summed E-state index contributed by atoms with van der Waals surface area (Å²) in [5.41, 5.74) is 4.74. The molecule has 0 saturated carbocycles. The van der Waals surface area contributed by atoms with Crippen LogP contribution in [-0.4, -0.2) is 29.0 Å². The highest BCUT2D eigenvalue weighted by molar-refractivity contribution is 5.98. The van der Waals surface area contributed by atoms with Crippen LogP contribution in [0.15, 0.2) is 42.5 Å². The van der Waals surface area contributed by atoms with Crippen molar-refractivity contribution >= 4 is 28.3 Å². The second-order valence-corrected chi connectivity index (χ2v) is 6.66. The van der Waals surface area contributed by atoms with E-state index in [1.807, 2.05) is 36.4 Å². The first-order chi connectivity index (χ1) is 13.2. The topological polar surface area (TPSA) is 61.0 Å². The molecule has 0 aliphatic heterocycles. The molecule has 0 fully saturated rings. The summed E-state index contributed by atoms with van der Waals surface area (Å²) >= 11 is 0. The lowest BCUT2D eigenvalue weighted by Gasteiger charge is -2.24. The first kappa shape index (κ1) is 19.0. The SMILES string of the molecule is CCCCC(=O)Nc1cc2[nH]c(-c3ccccc3)nc2cc1N(CC)CC. The fourth-order valence-corrected chi connectivity index (χ4v) is 3.25. The summed E-state index contributed by atoms with van der Waals surface area (Å²) < 4.78 is 0. The molecule has 0 unspecified atom stereocenters. The van der Waals surface area contributed by atoms with E-state index in [1.165, 1.54) is 0 Å². The van der Waals surface area contributed by atoms with Crippen molar-refractivity contribution < 1.29 is 4.79 Å². The van der Waals surface area contributed by atoms with Crippen LogP contribution in [0.4, 0.5) is 11.4 Å². The fourth-order valence-electron chi connectivity index (χ4n) is 3.25. The predicted octanol–water partition coefficient (Wildman–Crippen LogP) is 5.20. The van der Waals surface area contributed by atoms with E-state index in [0.29, 0.717) is 6.42 Å². The lowest BCUT2D eigenvalue weighted by atomic mass is 10.2. The molecule has 3 rings (SSSR count). The lowest BCUT2D eigenvalue weighted by molar-refractivity contribution is -0.116. The minimum absolute atomic E-state index is 0.0624. The number of nitrogens with zero attached hydrogens (tertiary/aromatic N) is 2. The van der Waals surface area contributed by atoms with Crippen molar-refractivity contribution in [1.82, 2.24) is 9.97 Å². The highest BCUT2D eigenvalue weighted by Gasteiger charge is 2.15. The molecular weight excluding hydrogens is 336 g/mol. The first-order valence-corrected chi connectivity index (χ1v) is 9.80. The van der Waals surface area contributed by atoms with Crippen molar-refractivity contribution in [3.05, 3.63) is 42.5 Å². The van der Waals surface area contributed by atoms with Gasteiger partial charge in [-0.1, -0.05) is 43.7 Å². The molecule has 5 heteroatoms. The van der Waals surface area contributed by atoms with Crippen LogP contribution >= 0.6 is 0 Å². The van der Waals surface area contributed by atoms with Gasteiger partial charge in [0.2, 0.25) is 5.91 Å².